The molecule has 0 saturated carbocycles. The molecule has 0 amide bonds. The van der Waals surface area contributed by atoms with Crippen LogP contribution >= 0.6 is 0 Å². The summed E-state index contributed by atoms with van der Waals surface area (Å²) in [7, 11) is 0. The van der Waals surface area contributed by atoms with Crippen LogP contribution in [-0.2, 0) is 0 Å². The lowest BCUT2D eigenvalue weighted by atomic mass is 10.0. The molecule has 0 aliphatic carbocycles. The Morgan fingerprint density at radius 2 is 1.94 bits per heavy atom. The quantitative estimate of drug-likeness (QED) is 0.561. The lowest BCUT2D eigenvalue weighted by molar-refractivity contribution is 0.0974. The summed E-state index contributed by atoms with van der Waals surface area (Å²) in [5.74, 6) is -2.07. The highest BCUT2D eigenvalue weighted by Gasteiger charge is 2.18. The zero-order valence-electron chi connectivity index (χ0n) is 9.44. The number of carbonyl (C=O) groups excluding carboxylic acids is 1. The van der Waals surface area contributed by atoms with Crippen molar-refractivity contribution in [3.05, 3.63) is 47.0 Å². The summed E-state index contributed by atoms with van der Waals surface area (Å²) < 4.78 is 26.9. The van der Waals surface area contributed by atoms with Crippen molar-refractivity contribution < 1.29 is 13.6 Å². The van der Waals surface area contributed by atoms with Crippen molar-refractivity contribution in [2.45, 2.75) is 26.7 Å². The van der Waals surface area contributed by atoms with Gasteiger partial charge in [0.2, 0.25) is 0 Å². The molecule has 0 N–H and O–H groups in total. The zero-order chi connectivity index (χ0) is 12.3. The van der Waals surface area contributed by atoms with Crippen LogP contribution in [0.1, 0.15) is 35.7 Å². The maximum atomic E-state index is 13.6. The van der Waals surface area contributed by atoms with Crippen molar-refractivity contribution in [3.63, 3.8) is 0 Å². The standard InChI is InChI=1S/C13H14F2O/c1-8(2)4-7-11(16)12-10(14)6-5-9(3)13(12)15/h5-6H,1,4,7H2,2-3H3. The van der Waals surface area contributed by atoms with Crippen molar-refractivity contribution in [1.29, 1.82) is 0 Å². The van der Waals surface area contributed by atoms with Gasteiger partial charge in [0.25, 0.3) is 0 Å². The third-order valence-electron chi connectivity index (χ3n) is 2.34. The predicted molar refractivity (Wildman–Crippen MR) is 59.5 cm³/mol. The van der Waals surface area contributed by atoms with Crippen LogP contribution in [0.25, 0.3) is 0 Å². The molecule has 0 heterocycles. The number of ketones is 1. The molecular formula is C13H14F2O. The van der Waals surface area contributed by atoms with Gasteiger partial charge in [0.15, 0.2) is 5.78 Å². The molecule has 1 aromatic carbocycles. The molecule has 0 radical (unpaired) electrons. The minimum absolute atomic E-state index is 0.0899. The Morgan fingerprint density at radius 1 is 1.31 bits per heavy atom. The van der Waals surface area contributed by atoms with Crippen LogP contribution in [-0.4, -0.2) is 5.78 Å². The van der Waals surface area contributed by atoms with Gasteiger partial charge in [-0.2, -0.15) is 0 Å². The van der Waals surface area contributed by atoms with E-state index in [0.717, 1.165) is 11.6 Å². The van der Waals surface area contributed by atoms with Crippen LogP contribution in [0.3, 0.4) is 0 Å². The Bertz CT molecular complexity index is 436. The summed E-state index contributed by atoms with van der Waals surface area (Å²) in [4.78, 5) is 11.6. The molecule has 0 bridgehead atoms. The van der Waals surface area contributed by atoms with Gasteiger partial charge < -0.3 is 0 Å². The van der Waals surface area contributed by atoms with Crippen molar-refractivity contribution >= 4 is 5.78 Å². The topological polar surface area (TPSA) is 17.1 Å². The first-order valence-electron chi connectivity index (χ1n) is 5.05. The maximum absolute atomic E-state index is 13.6. The van der Waals surface area contributed by atoms with Gasteiger partial charge in [0, 0.05) is 6.42 Å². The van der Waals surface area contributed by atoms with Crippen LogP contribution in [0, 0.1) is 18.6 Å². The SMILES string of the molecule is C=C(C)CCC(=O)c1c(F)ccc(C)c1F. The molecule has 0 aromatic heterocycles. The second-order valence-electron chi connectivity index (χ2n) is 3.93. The molecule has 0 aliphatic rings. The Balaban J connectivity index is 2.99. The molecule has 0 saturated heterocycles. The normalized spacial score (nSPS) is 10.2. The Kier molecular flexibility index (Phi) is 3.93. The second kappa shape index (κ2) is 5.01. The highest BCUT2D eigenvalue weighted by atomic mass is 19.1. The summed E-state index contributed by atoms with van der Waals surface area (Å²) in [6.45, 7) is 6.92. The number of halogens is 2. The minimum Gasteiger partial charge on any atom is -0.294 e. The van der Waals surface area contributed by atoms with E-state index in [1.54, 1.807) is 6.92 Å². The van der Waals surface area contributed by atoms with Crippen LogP contribution < -0.4 is 0 Å². The number of carbonyl (C=O) groups is 1. The number of rotatable bonds is 4. The smallest absolute Gasteiger partial charge is 0.169 e. The number of hydrogen-bond acceptors (Lipinski definition) is 1. The number of hydrogen-bond donors (Lipinski definition) is 0. The van der Waals surface area contributed by atoms with Gasteiger partial charge in [-0.1, -0.05) is 11.6 Å². The third-order valence-corrected chi connectivity index (χ3v) is 2.34. The summed E-state index contributed by atoms with van der Waals surface area (Å²) in [6, 6.07) is 2.44. The Morgan fingerprint density at radius 3 is 2.50 bits per heavy atom. The van der Waals surface area contributed by atoms with Gasteiger partial charge in [-0.3, -0.25) is 4.79 Å². The largest absolute Gasteiger partial charge is 0.294 e. The molecule has 86 valence electrons. The van der Waals surface area contributed by atoms with Gasteiger partial charge in [0.1, 0.15) is 11.6 Å². The van der Waals surface area contributed by atoms with E-state index in [2.05, 4.69) is 6.58 Å². The van der Waals surface area contributed by atoms with Gasteiger partial charge in [-0.05, 0) is 31.9 Å². The number of Topliss-reactive ketones (excluding diaryl/α,β-unsaturated/α-hetero) is 1. The molecule has 0 fully saturated rings. The second-order valence-corrected chi connectivity index (χ2v) is 3.93. The molecule has 1 aromatic rings. The van der Waals surface area contributed by atoms with E-state index < -0.39 is 23.0 Å². The summed E-state index contributed by atoms with van der Waals surface area (Å²) in [5, 5.41) is 0. The molecular weight excluding hydrogens is 210 g/mol. The molecule has 0 spiro atoms. The fourth-order valence-corrected chi connectivity index (χ4v) is 1.36. The van der Waals surface area contributed by atoms with Crippen LogP contribution in [0.5, 0.6) is 0 Å². The molecule has 1 rings (SSSR count). The average molecular weight is 224 g/mol. The fourth-order valence-electron chi connectivity index (χ4n) is 1.36. The van der Waals surface area contributed by atoms with Gasteiger partial charge in [-0.15, -0.1) is 6.58 Å². The summed E-state index contributed by atoms with van der Waals surface area (Å²) in [5.41, 5.74) is 0.670. The molecule has 0 atom stereocenters. The first kappa shape index (κ1) is 12.6. The zero-order valence-corrected chi connectivity index (χ0v) is 9.44. The monoisotopic (exact) mass is 224 g/mol. The van der Waals surface area contributed by atoms with Crippen molar-refractivity contribution in [2.75, 3.05) is 0 Å². The lowest BCUT2D eigenvalue weighted by Crippen LogP contribution is -2.07. The van der Waals surface area contributed by atoms with Gasteiger partial charge in [0.05, 0.1) is 5.56 Å². The summed E-state index contributed by atoms with van der Waals surface area (Å²) in [6.07, 6.45) is 0.540. The predicted octanol–water partition coefficient (Wildman–Crippen LogP) is 3.81. The van der Waals surface area contributed by atoms with E-state index in [9.17, 15) is 13.6 Å². The number of aryl methyl sites for hydroxylation is 1. The van der Waals surface area contributed by atoms with Crippen LogP contribution in [0.2, 0.25) is 0 Å². The third kappa shape index (κ3) is 2.75. The highest BCUT2D eigenvalue weighted by molar-refractivity contribution is 5.96. The Hall–Kier alpha value is -1.51. The van der Waals surface area contributed by atoms with Crippen molar-refractivity contribution in [1.82, 2.24) is 0 Å². The molecule has 0 unspecified atom stereocenters. The van der Waals surface area contributed by atoms with E-state index in [-0.39, 0.29) is 12.0 Å². The summed E-state index contributed by atoms with van der Waals surface area (Å²) >= 11 is 0. The van der Waals surface area contributed by atoms with E-state index in [1.165, 1.54) is 13.0 Å². The first-order chi connectivity index (χ1) is 7.43. The van der Waals surface area contributed by atoms with E-state index in [1.807, 2.05) is 0 Å². The molecule has 1 nitrogen and oxygen atoms in total. The Labute approximate surface area is 93.8 Å². The maximum Gasteiger partial charge on any atom is 0.169 e. The van der Waals surface area contributed by atoms with Crippen molar-refractivity contribution in [3.8, 4) is 0 Å². The minimum atomic E-state index is -0.796. The van der Waals surface area contributed by atoms with Crippen molar-refractivity contribution in [2.24, 2.45) is 0 Å². The van der Waals surface area contributed by atoms with Crippen LogP contribution in [0.4, 0.5) is 8.78 Å². The van der Waals surface area contributed by atoms with Gasteiger partial charge >= 0.3 is 0 Å². The molecule has 16 heavy (non-hydrogen) atoms. The van der Waals surface area contributed by atoms with Crippen LogP contribution in [0.15, 0.2) is 24.3 Å². The van der Waals surface area contributed by atoms with E-state index in [0.29, 0.717) is 6.42 Å². The number of allylic oxidation sites excluding steroid dienone is 1. The number of benzene rings is 1. The highest BCUT2D eigenvalue weighted by Crippen LogP contribution is 2.19. The lowest BCUT2D eigenvalue weighted by Gasteiger charge is -2.06. The van der Waals surface area contributed by atoms with E-state index in [4.69, 9.17) is 0 Å². The van der Waals surface area contributed by atoms with E-state index >= 15 is 0 Å². The molecule has 0 aliphatic heterocycles. The fraction of sp³-hybridized carbons (Fsp3) is 0.308. The average Bonchev–Trinajstić information content (AvgIpc) is 2.21. The molecule has 3 heteroatoms. The first-order valence-corrected chi connectivity index (χ1v) is 5.05. The van der Waals surface area contributed by atoms with Gasteiger partial charge in [-0.25, -0.2) is 8.78 Å².